The predicted octanol–water partition coefficient (Wildman–Crippen LogP) is 3.72. The zero-order valence-electron chi connectivity index (χ0n) is 15.1. The van der Waals surface area contributed by atoms with E-state index in [9.17, 15) is 9.90 Å². The van der Waals surface area contributed by atoms with Crippen LogP contribution in [0.2, 0.25) is 0 Å². The highest BCUT2D eigenvalue weighted by Gasteiger charge is 2.26. The molecule has 1 N–H and O–H groups in total. The summed E-state index contributed by atoms with van der Waals surface area (Å²) in [6.07, 6.45) is 3.91. The largest absolute Gasteiger partial charge is 0.481 e. The number of carboxylic acids is 1. The summed E-state index contributed by atoms with van der Waals surface area (Å²) in [4.78, 5) is 16.1. The average Bonchev–Trinajstić information content (AvgIpc) is 2.83. The van der Waals surface area contributed by atoms with Crippen LogP contribution < -0.4 is 4.90 Å². The number of anilines is 2. The minimum absolute atomic E-state index is 0.215. The molecule has 4 rings (SSSR count). The van der Waals surface area contributed by atoms with E-state index >= 15 is 0 Å². The lowest BCUT2D eigenvalue weighted by Gasteiger charge is -2.34. The van der Waals surface area contributed by atoms with Crippen molar-refractivity contribution < 1.29 is 9.90 Å². The van der Waals surface area contributed by atoms with Gasteiger partial charge in [-0.15, -0.1) is 0 Å². The lowest BCUT2D eigenvalue weighted by atomic mass is 9.98. The first-order chi connectivity index (χ1) is 12.7. The fourth-order valence-electron chi connectivity index (χ4n) is 4.31. The molecule has 0 aromatic heterocycles. The molecule has 0 unspecified atom stereocenters. The van der Waals surface area contributed by atoms with Crippen LogP contribution in [0.1, 0.15) is 24.0 Å². The van der Waals surface area contributed by atoms with E-state index in [1.165, 1.54) is 22.5 Å². The van der Waals surface area contributed by atoms with Gasteiger partial charge in [0.25, 0.3) is 0 Å². The van der Waals surface area contributed by atoms with E-state index < -0.39 is 5.97 Å². The molecule has 0 amide bonds. The Balaban J connectivity index is 1.56. The maximum atomic E-state index is 11.3. The van der Waals surface area contributed by atoms with Crippen molar-refractivity contribution in [3.63, 3.8) is 0 Å². The molecule has 1 fully saturated rings. The van der Waals surface area contributed by atoms with Gasteiger partial charge in [0.2, 0.25) is 0 Å². The molecule has 2 aromatic carbocycles. The summed E-state index contributed by atoms with van der Waals surface area (Å²) in [6, 6.07) is 17.4. The zero-order chi connectivity index (χ0) is 17.9. The van der Waals surface area contributed by atoms with Crippen molar-refractivity contribution in [3.8, 4) is 0 Å². The molecule has 2 aromatic rings. The summed E-state index contributed by atoms with van der Waals surface area (Å²) in [5.41, 5.74) is 5.38. The van der Waals surface area contributed by atoms with Gasteiger partial charge in [0.05, 0.1) is 5.92 Å². The Morgan fingerprint density at radius 1 is 0.962 bits per heavy atom. The maximum Gasteiger partial charge on any atom is 0.307 e. The van der Waals surface area contributed by atoms with Crippen LogP contribution in [0, 0.1) is 5.92 Å². The van der Waals surface area contributed by atoms with Crippen LogP contribution in [-0.4, -0.2) is 42.2 Å². The van der Waals surface area contributed by atoms with Crippen LogP contribution in [0.5, 0.6) is 0 Å². The summed E-state index contributed by atoms with van der Waals surface area (Å²) < 4.78 is 0. The second kappa shape index (κ2) is 7.50. The van der Waals surface area contributed by atoms with Crippen molar-refractivity contribution in [3.05, 3.63) is 59.7 Å². The fraction of sp³-hybridized carbons (Fsp3) is 0.409. The molecule has 2 heterocycles. The smallest absolute Gasteiger partial charge is 0.307 e. The van der Waals surface area contributed by atoms with Crippen LogP contribution in [0.15, 0.2) is 48.5 Å². The molecule has 1 atom stereocenters. The second-order valence-corrected chi connectivity index (χ2v) is 7.39. The highest BCUT2D eigenvalue weighted by molar-refractivity contribution is 5.71. The van der Waals surface area contributed by atoms with Crippen molar-refractivity contribution in [1.82, 2.24) is 4.90 Å². The highest BCUT2D eigenvalue weighted by atomic mass is 16.4. The monoisotopic (exact) mass is 350 g/mol. The molecular formula is C22H26N2O2. The molecule has 2 aliphatic heterocycles. The van der Waals surface area contributed by atoms with Crippen molar-refractivity contribution >= 4 is 17.3 Å². The van der Waals surface area contributed by atoms with Gasteiger partial charge in [0.15, 0.2) is 0 Å². The molecule has 0 radical (unpaired) electrons. The maximum absolute atomic E-state index is 11.3. The molecule has 2 aliphatic rings. The van der Waals surface area contributed by atoms with Crippen LogP contribution in [0.3, 0.4) is 0 Å². The molecule has 26 heavy (non-hydrogen) atoms. The molecular weight excluding hydrogens is 324 g/mol. The third kappa shape index (κ3) is 3.47. The summed E-state index contributed by atoms with van der Waals surface area (Å²) in [7, 11) is 0. The van der Waals surface area contributed by atoms with Gasteiger partial charge in [-0.25, -0.2) is 0 Å². The summed E-state index contributed by atoms with van der Waals surface area (Å²) in [5.74, 6) is -0.868. The number of para-hydroxylation sites is 2. The van der Waals surface area contributed by atoms with Crippen LogP contribution in [-0.2, 0) is 17.6 Å². The number of fused-ring (bicyclic) bond motifs is 2. The summed E-state index contributed by atoms with van der Waals surface area (Å²) in [5, 5.41) is 9.33. The quantitative estimate of drug-likeness (QED) is 0.913. The summed E-state index contributed by atoms with van der Waals surface area (Å²) >= 11 is 0. The van der Waals surface area contributed by atoms with E-state index in [1.807, 2.05) is 0 Å². The number of hydrogen-bond acceptors (Lipinski definition) is 3. The van der Waals surface area contributed by atoms with Crippen LogP contribution in [0.4, 0.5) is 11.4 Å². The number of aliphatic carboxylic acids is 1. The van der Waals surface area contributed by atoms with Gasteiger partial charge in [-0.3, -0.25) is 4.79 Å². The first-order valence-electron chi connectivity index (χ1n) is 9.61. The van der Waals surface area contributed by atoms with Crippen LogP contribution in [0.25, 0.3) is 0 Å². The van der Waals surface area contributed by atoms with Gasteiger partial charge in [-0.1, -0.05) is 36.4 Å². The Morgan fingerprint density at radius 2 is 1.58 bits per heavy atom. The first-order valence-corrected chi connectivity index (χ1v) is 9.61. The molecule has 1 saturated heterocycles. The number of rotatable bonds is 4. The minimum Gasteiger partial charge on any atom is -0.481 e. The van der Waals surface area contributed by atoms with Crippen molar-refractivity contribution in [2.45, 2.75) is 25.7 Å². The predicted molar refractivity (Wildman–Crippen MR) is 104 cm³/mol. The molecule has 0 bridgehead atoms. The SMILES string of the molecule is O=C(O)[C@@H]1CCCN(CCN2c3ccccc3CCc3ccccc32)C1. The van der Waals surface area contributed by atoms with Gasteiger partial charge in [-0.2, -0.15) is 0 Å². The van der Waals surface area contributed by atoms with E-state index in [-0.39, 0.29) is 5.92 Å². The second-order valence-electron chi connectivity index (χ2n) is 7.39. The third-order valence-corrected chi connectivity index (χ3v) is 5.72. The van der Waals surface area contributed by atoms with E-state index in [0.717, 1.165) is 45.3 Å². The number of benzene rings is 2. The van der Waals surface area contributed by atoms with Gasteiger partial charge < -0.3 is 14.9 Å². The van der Waals surface area contributed by atoms with E-state index in [1.54, 1.807) is 0 Å². The molecule has 0 spiro atoms. The Morgan fingerprint density at radius 3 is 2.19 bits per heavy atom. The minimum atomic E-state index is -0.653. The Labute approximate surface area is 155 Å². The number of likely N-dealkylation sites (tertiary alicyclic amines) is 1. The van der Waals surface area contributed by atoms with Crippen LogP contribution >= 0.6 is 0 Å². The number of piperidine rings is 1. The number of nitrogens with zero attached hydrogens (tertiary/aromatic N) is 2. The summed E-state index contributed by atoms with van der Waals surface area (Å²) in [6.45, 7) is 3.46. The van der Waals surface area contributed by atoms with Gasteiger partial charge in [0, 0.05) is 31.0 Å². The average molecular weight is 350 g/mol. The van der Waals surface area contributed by atoms with Crippen molar-refractivity contribution in [2.75, 3.05) is 31.1 Å². The standard InChI is InChI=1S/C22H26N2O2/c25-22(26)19-8-5-13-23(16-19)14-15-24-20-9-3-1-6-17(20)11-12-18-7-2-4-10-21(18)24/h1-4,6-7,9-10,19H,5,8,11-16H2,(H,25,26)/t19-/m1/s1. The molecule has 0 saturated carbocycles. The van der Waals surface area contributed by atoms with E-state index in [4.69, 9.17) is 0 Å². The molecule has 4 heteroatoms. The number of hydrogen-bond donors (Lipinski definition) is 1. The number of carbonyl (C=O) groups is 1. The van der Waals surface area contributed by atoms with E-state index in [2.05, 4.69) is 58.3 Å². The zero-order valence-corrected chi connectivity index (χ0v) is 15.1. The van der Waals surface area contributed by atoms with Gasteiger partial charge >= 0.3 is 5.97 Å². The third-order valence-electron chi connectivity index (χ3n) is 5.72. The molecule has 0 aliphatic carbocycles. The highest BCUT2D eigenvalue weighted by Crippen LogP contribution is 2.35. The van der Waals surface area contributed by atoms with Gasteiger partial charge in [0.1, 0.15) is 0 Å². The Bertz CT molecular complexity index is 742. The molecule has 136 valence electrons. The van der Waals surface area contributed by atoms with E-state index in [0.29, 0.717) is 6.54 Å². The lowest BCUT2D eigenvalue weighted by Crippen LogP contribution is -2.42. The first kappa shape index (κ1) is 17.1. The van der Waals surface area contributed by atoms with Crippen molar-refractivity contribution in [2.24, 2.45) is 5.92 Å². The lowest BCUT2D eigenvalue weighted by molar-refractivity contribution is -0.143. The Kier molecular flexibility index (Phi) is 4.93. The normalized spacial score (nSPS) is 20.2. The number of aryl methyl sites for hydroxylation is 2. The van der Waals surface area contributed by atoms with Gasteiger partial charge in [-0.05, 0) is 55.5 Å². The topological polar surface area (TPSA) is 43.8 Å². The number of carboxylic acid groups (broad SMARTS) is 1. The van der Waals surface area contributed by atoms with Crippen molar-refractivity contribution in [1.29, 1.82) is 0 Å². The molecule has 4 nitrogen and oxygen atoms in total. The Hall–Kier alpha value is -2.33. The fourth-order valence-corrected chi connectivity index (χ4v) is 4.31.